The van der Waals surface area contributed by atoms with Crippen molar-refractivity contribution < 1.29 is 5.11 Å². The van der Waals surface area contributed by atoms with E-state index in [9.17, 15) is 5.11 Å². The average Bonchev–Trinajstić information content (AvgIpc) is 2.34. The molecule has 1 aromatic carbocycles. The predicted octanol–water partition coefficient (Wildman–Crippen LogP) is 3.40. The molecule has 0 saturated carbocycles. The van der Waals surface area contributed by atoms with Gasteiger partial charge in [0.15, 0.2) is 0 Å². The molecular weight excluding hydrogens is 208 g/mol. The van der Waals surface area contributed by atoms with Gasteiger partial charge in [-0.05, 0) is 36.5 Å². The van der Waals surface area contributed by atoms with E-state index in [1.54, 1.807) is 0 Å². The van der Waals surface area contributed by atoms with Crippen LogP contribution in [0.25, 0.3) is 0 Å². The summed E-state index contributed by atoms with van der Waals surface area (Å²) in [4.78, 5) is 0. The van der Waals surface area contributed by atoms with Gasteiger partial charge < -0.3 is 5.11 Å². The zero-order chi connectivity index (χ0) is 12.7. The molecule has 1 N–H and O–H groups in total. The van der Waals surface area contributed by atoms with Crippen molar-refractivity contribution in [2.75, 3.05) is 0 Å². The summed E-state index contributed by atoms with van der Waals surface area (Å²) in [7, 11) is 0. The number of benzene rings is 1. The van der Waals surface area contributed by atoms with E-state index < -0.39 is 6.10 Å². The van der Waals surface area contributed by atoms with Crippen molar-refractivity contribution in [3.8, 4) is 11.8 Å². The van der Waals surface area contributed by atoms with Crippen molar-refractivity contribution in [3.63, 3.8) is 0 Å². The highest BCUT2D eigenvalue weighted by molar-refractivity contribution is 5.36. The molecule has 0 aliphatic heterocycles. The van der Waals surface area contributed by atoms with Crippen LogP contribution in [0.1, 0.15) is 44.7 Å². The van der Waals surface area contributed by atoms with Crippen molar-refractivity contribution in [3.05, 3.63) is 35.4 Å². The molecule has 0 aliphatic rings. The van der Waals surface area contributed by atoms with Gasteiger partial charge in [-0.3, -0.25) is 0 Å². The van der Waals surface area contributed by atoms with Crippen LogP contribution in [-0.4, -0.2) is 11.2 Å². The Morgan fingerprint density at radius 1 is 1.18 bits per heavy atom. The summed E-state index contributed by atoms with van der Waals surface area (Å²) >= 11 is 0. The van der Waals surface area contributed by atoms with Gasteiger partial charge in [0.05, 0.1) is 0 Å². The van der Waals surface area contributed by atoms with E-state index in [2.05, 4.69) is 30.9 Å². The second kappa shape index (κ2) is 7.14. The van der Waals surface area contributed by atoms with Crippen LogP contribution in [0.15, 0.2) is 24.3 Å². The third-order valence-corrected chi connectivity index (χ3v) is 2.77. The van der Waals surface area contributed by atoms with E-state index in [0.29, 0.717) is 0 Å². The van der Waals surface area contributed by atoms with E-state index in [-0.39, 0.29) is 5.92 Å². The van der Waals surface area contributed by atoms with E-state index >= 15 is 0 Å². The molecule has 1 unspecified atom stereocenters. The Bertz CT molecular complexity index is 378. The SMILES string of the molecule is CCCCc1ccc(C#CC(O)C(C)C)cc1. The predicted molar refractivity (Wildman–Crippen MR) is 72.8 cm³/mol. The second-order valence-electron chi connectivity index (χ2n) is 4.76. The minimum Gasteiger partial charge on any atom is -0.380 e. The number of hydrogen-bond acceptors (Lipinski definition) is 1. The quantitative estimate of drug-likeness (QED) is 0.786. The van der Waals surface area contributed by atoms with Crippen molar-refractivity contribution in [1.29, 1.82) is 0 Å². The van der Waals surface area contributed by atoms with Crippen molar-refractivity contribution in [1.82, 2.24) is 0 Å². The van der Waals surface area contributed by atoms with Crippen molar-refractivity contribution in [2.24, 2.45) is 5.92 Å². The Balaban J connectivity index is 2.61. The maximum atomic E-state index is 9.58. The zero-order valence-electron chi connectivity index (χ0n) is 11.0. The fourth-order valence-corrected chi connectivity index (χ4v) is 1.46. The van der Waals surface area contributed by atoms with Crippen LogP contribution in [0.5, 0.6) is 0 Å². The summed E-state index contributed by atoms with van der Waals surface area (Å²) in [5, 5.41) is 9.58. The molecule has 17 heavy (non-hydrogen) atoms. The maximum absolute atomic E-state index is 9.58. The van der Waals surface area contributed by atoms with Crippen LogP contribution >= 0.6 is 0 Å². The minimum absolute atomic E-state index is 0.186. The first-order chi connectivity index (χ1) is 8.13. The fourth-order valence-electron chi connectivity index (χ4n) is 1.46. The lowest BCUT2D eigenvalue weighted by atomic mass is 10.1. The number of aryl methyl sites for hydroxylation is 1. The van der Waals surface area contributed by atoms with Gasteiger partial charge in [-0.25, -0.2) is 0 Å². The van der Waals surface area contributed by atoms with E-state index in [4.69, 9.17) is 0 Å². The summed E-state index contributed by atoms with van der Waals surface area (Å²) in [5.41, 5.74) is 2.34. The molecular formula is C16H22O. The van der Waals surface area contributed by atoms with E-state index in [1.165, 1.54) is 18.4 Å². The monoisotopic (exact) mass is 230 g/mol. The van der Waals surface area contributed by atoms with Gasteiger partial charge in [-0.15, -0.1) is 0 Å². The van der Waals surface area contributed by atoms with Crippen LogP contribution in [0.2, 0.25) is 0 Å². The summed E-state index contributed by atoms with van der Waals surface area (Å²) in [5.74, 6) is 6.06. The molecule has 0 radical (unpaired) electrons. The largest absolute Gasteiger partial charge is 0.380 e. The highest BCUT2D eigenvalue weighted by Crippen LogP contribution is 2.07. The molecule has 92 valence electrons. The molecule has 0 fully saturated rings. The third kappa shape index (κ3) is 5.06. The number of aliphatic hydroxyl groups excluding tert-OH is 1. The number of rotatable bonds is 4. The highest BCUT2D eigenvalue weighted by atomic mass is 16.3. The van der Waals surface area contributed by atoms with Gasteiger partial charge in [-0.1, -0.05) is 51.2 Å². The summed E-state index contributed by atoms with van der Waals surface area (Å²) in [6.45, 7) is 6.13. The standard InChI is InChI=1S/C16H22O/c1-4-5-6-14-7-9-15(10-8-14)11-12-16(17)13(2)3/h7-10,13,16-17H,4-6H2,1-3H3. The minimum atomic E-state index is -0.533. The smallest absolute Gasteiger partial charge is 0.117 e. The number of hydrogen-bond donors (Lipinski definition) is 1. The Morgan fingerprint density at radius 2 is 1.82 bits per heavy atom. The lowest BCUT2D eigenvalue weighted by molar-refractivity contribution is 0.181. The first kappa shape index (κ1) is 13.8. The molecule has 0 spiro atoms. The summed E-state index contributed by atoms with van der Waals surface area (Å²) < 4.78 is 0. The Labute approximate surface area is 105 Å². The molecule has 0 amide bonds. The Hall–Kier alpha value is -1.26. The molecule has 1 aromatic rings. The number of unbranched alkanes of at least 4 members (excludes halogenated alkanes) is 1. The van der Waals surface area contributed by atoms with Gasteiger partial charge in [-0.2, -0.15) is 0 Å². The van der Waals surface area contributed by atoms with Gasteiger partial charge in [0, 0.05) is 5.56 Å². The number of aliphatic hydroxyl groups is 1. The van der Waals surface area contributed by atoms with Gasteiger partial charge in [0.1, 0.15) is 6.10 Å². The van der Waals surface area contributed by atoms with Crippen LogP contribution < -0.4 is 0 Å². The van der Waals surface area contributed by atoms with E-state index in [0.717, 1.165) is 12.0 Å². The van der Waals surface area contributed by atoms with Crippen LogP contribution in [0.4, 0.5) is 0 Å². The summed E-state index contributed by atoms with van der Waals surface area (Å²) in [6, 6.07) is 8.32. The van der Waals surface area contributed by atoms with Crippen LogP contribution in [0, 0.1) is 17.8 Å². The van der Waals surface area contributed by atoms with Crippen molar-refractivity contribution in [2.45, 2.75) is 46.1 Å². The molecule has 1 rings (SSSR count). The van der Waals surface area contributed by atoms with Crippen LogP contribution in [-0.2, 0) is 6.42 Å². The normalized spacial score (nSPS) is 12.1. The Kier molecular flexibility index (Phi) is 5.80. The first-order valence-electron chi connectivity index (χ1n) is 6.42. The lowest BCUT2D eigenvalue weighted by Crippen LogP contribution is -2.11. The molecule has 0 bridgehead atoms. The van der Waals surface area contributed by atoms with Gasteiger partial charge in [0.25, 0.3) is 0 Å². The highest BCUT2D eigenvalue weighted by Gasteiger charge is 2.03. The van der Waals surface area contributed by atoms with E-state index in [1.807, 2.05) is 26.0 Å². The molecule has 0 aromatic heterocycles. The zero-order valence-corrected chi connectivity index (χ0v) is 11.0. The summed E-state index contributed by atoms with van der Waals surface area (Å²) in [6.07, 6.45) is 3.06. The molecule has 0 heterocycles. The molecule has 0 aliphatic carbocycles. The van der Waals surface area contributed by atoms with Crippen molar-refractivity contribution >= 4 is 0 Å². The lowest BCUT2D eigenvalue weighted by Gasteiger charge is -2.05. The third-order valence-electron chi connectivity index (χ3n) is 2.77. The fraction of sp³-hybridized carbons (Fsp3) is 0.500. The first-order valence-corrected chi connectivity index (χ1v) is 6.42. The molecule has 1 atom stereocenters. The molecule has 1 heteroatoms. The molecule has 1 nitrogen and oxygen atoms in total. The second-order valence-corrected chi connectivity index (χ2v) is 4.76. The Morgan fingerprint density at radius 3 is 2.35 bits per heavy atom. The van der Waals surface area contributed by atoms with Crippen LogP contribution in [0.3, 0.4) is 0 Å². The maximum Gasteiger partial charge on any atom is 0.117 e. The van der Waals surface area contributed by atoms with Gasteiger partial charge in [0.2, 0.25) is 0 Å². The molecule has 0 saturated heterocycles. The average molecular weight is 230 g/mol. The topological polar surface area (TPSA) is 20.2 Å². The van der Waals surface area contributed by atoms with Gasteiger partial charge >= 0.3 is 0 Å².